The first-order valence-electron chi connectivity index (χ1n) is 7.18. The molecular weight excluding hydrogens is 298 g/mol. The molecule has 0 aliphatic carbocycles. The normalized spacial score (nSPS) is 10.1. The minimum absolute atomic E-state index is 0.0869. The lowest BCUT2D eigenvalue weighted by Crippen LogP contribution is -2.27. The molecule has 2 aromatic rings. The minimum atomic E-state index is -0.511. The SMILES string of the molecule is O=C(CCOc1ccccc1[N+](=O)[O-])NCCc1cccnc1. The Morgan fingerprint density at radius 1 is 1.26 bits per heavy atom. The third kappa shape index (κ3) is 5.39. The predicted molar refractivity (Wildman–Crippen MR) is 84.2 cm³/mol. The number of amides is 1. The number of para-hydroxylation sites is 2. The fourth-order valence-electron chi connectivity index (χ4n) is 1.96. The second kappa shape index (κ2) is 8.47. The Kier molecular flexibility index (Phi) is 6.05. The average molecular weight is 315 g/mol. The third-order valence-electron chi connectivity index (χ3n) is 3.11. The number of nitrogens with one attached hydrogen (secondary N) is 1. The van der Waals surface area contributed by atoms with Crippen molar-refractivity contribution in [2.75, 3.05) is 13.2 Å². The Morgan fingerprint density at radius 3 is 2.83 bits per heavy atom. The number of ether oxygens (including phenoxy) is 1. The highest BCUT2D eigenvalue weighted by Crippen LogP contribution is 2.25. The van der Waals surface area contributed by atoms with Crippen molar-refractivity contribution in [2.45, 2.75) is 12.8 Å². The fourth-order valence-corrected chi connectivity index (χ4v) is 1.96. The van der Waals surface area contributed by atoms with E-state index in [1.54, 1.807) is 24.5 Å². The van der Waals surface area contributed by atoms with E-state index in [0.717, 1.165) is 5.56 Å². The molecule has 1 amide bonds. The van der Waals surface area contributed by atoms with E-state index in [2.05, 4.69) is 10.3 Å². The Morgan fingerprint density at radius 2 is 2.09 bits per heavy atom. The largest absolute Gasteiger partial charge is 0.486 e. The summed E-state index contributed by atoms with van der Waals surface area (Å²) < 4.78 is 5.32. The predicted octanol–water partition coefficient (Wildman–Crippen LogP) is 2.12. The first-order chi connectivity index (χ1) is 11.2. The number of nitro groups is 1. The van der Waals surface area contributed by atoms with Crippen LogP contribution >= 0.6 is 0 Å². The van der Waals surface area contributed by atoms with Gasteiger partial charge in [-0.1, -0.05) is 18.2 Å². The fraction of sp³-hybridized carbons (Fsp3) is 0.250. The lowest BCUT2D eigenvalue weighted by molar-refractivity contribution is -0.385. The lowest BCUT2D eigenvalue weighted by atomic mass is 10.2. The number of carbonyl (C=O) groups is 1. The van der Waals surface area contributed by atoms with E-state index in [-0.39, 0.29) is 30.4 Å². The van der Waals surface area contributed by atoms with Gasteiger partial charge in [0.2, 0.25) is 5.91 Å². The van der Waals surface area contributed by atoms with Gasteiger partial charge >= 0.3 is 5.69 Å². The van der Waals surface area contributed by atoms with Crippen LogP contribution in [-0.2, 0) is 11.2 Å². The standard InChI is InChI=1S/C16H17N3O4/c20-16(18-10-7-13-4-3-9-17-12-13)8-11-23-15-6-2-1-5-14(15)19(21)22/h1-6,9,12H,7-8,10-11H2,(H,18,20). The van der Waals surface area contributed by atoms with Crippen molar-refractivity contribution in [1.29, 1.82) is 0 Å². The van der Waals surface area contributed by atoms with E-state index in [1.807, 2.05) is 12.1 Å². The molecule has 0 saturated carbocycles. The molecule has 0 unspecified atom stereocenters. The first kappa shape index (κ1) is 16.4. The van der Waals surface area contributed by atoms with Crippen LogP contribution in [0.25, 0.3) is 0 Å². The molecule has 1 aromatic heterocycles. The number of carbonyl (C=O) groups excluding carboxylic acids is 1. The molecule has 1 heterocycles. The topological polar surface area (TPSA) is 94.4 Å². The van der Waals surface area contributed by atoms with Crippen molar-refractivity contribution in [2.24, 2.45) is 0 Å². The summed E-state index contributed by atoms with van der Waals surface area (Å²) in [5, 5.41) is 13.6. The molecule has 0 saturated heterocycles. The molecule has 0 bridgehead atoms. The zero-order valence-corrected chi connectivity index (χ0v) is 12.5. The molecule has 0 atom stereocenters. The Bertz CT molecular complexity index is 661. The van der Waals surface area contributed by atoms with E-state index >= 15 is 0 Å². The van der Waals surface area contributed by atoms with Gasteiger partial charge in [0, 0.05) is 25.0 Å². The van der Waals surface area contributed by atoms with Gasteiger partial charge in [0.15, 0.2) is 5.75 Å². The molecule has 120 valence electrons. The van der Waals surface area contributed by atoms with Crippen molar-refractivity contribution < 1.29 is 14.5 Å². The van der Waals surface area contributed by atoms with Gasteiger partial charge in [-0.25, -0.2) is 0 Å². The van der Waals surface area contributed by atoms with Gasteiger partial charge < -0.3 is 10.1 Å². The molecule has 0 radical (unpaired) electrons. The average Bonchev–Trinajstić information content (AvgIpc) is 2.56. The number of hydrogen-bond acceptors (Lipinski definition) is 5. The maximum atomic E-state index is 11.7. The van der Waals surface area contributed by atoms with Gasteiger partial charge in [-0.2, -0.15) is 0 Å². The van der Waals surface area contributed by atoms with Crippen molar-refractivity contribution in [1.82, 2.24) is 10.3 Å². The Hall–Kier alpha value is -2.96. The highest BCUT2D eigenvalue weighted by Gasteiger charge is 2.13. The van der Waals surface area contributed by atoms with Crippen LogP contribution in [-0.4, -0.2) is 29.0 Å². The van der Waals surface area contributed by atoms with E-state index in [9.17, 15) is 14.9 Å². The van der Waals surface area contributed by atoms with Crippen LogP contribution in [0.1, 0.15) is 12.0 Å². The number of aromatic nitrogens is 1. The maximum Gasteiger partial charge on any atom is 0.310 e. The zero-order chi connectivity index (χ0) is 16.5. The van der Waals surface area contributed by atoms with Crippen LogP contribution in [0.5, 0.6) is 5.75 Å². The molecule has 2 rings (SSSR count). The summed E-state index contributed by atoms with van der Waals surface area (Å²) in [4.78, 5) is 26.0. The van der Waals surface area contributed by atoms with Gasteiger partial charge in [0.05, 0.1) is 18.0 Å². The maximum absolute atomic E-state index is 11.7. The molecule has 0 spiro atoms. The van der Waals surface area contributed by atoms with Crippen molar-refractivity contribution in [3.8, 4) is 5.75 Å². The van der Waals surface area contributed by atoms with Gasteiger partial charge in [-0.05, 0) is 24.1 Å². The molecule has 1 N–H and O–H groups in total. The van der Waals surface area contributed by atoms with Crippen LogP contribution in [0.2, 0.25) is 0 Å². The summed E-state index contributed by atoms with van der Waals surface area (Å²) in [7, 11) is 0. The molecule has 23 heavy (non-hydrogen) atoms. The summed E-state index contributed by atoms with van der Waals surface area (Å²) >= 11 is 0. The molecule has 7 nitrogen and oxygen atoms in total. The first-order valence-corrected chi connectivity index (χ1v) is 7.18. The van der Waals surface area contributed by atoms with Crippen LogP contribution < -0.4 is 10.1 Å². The van der Waals surface area contributed by atoms with Crippen LogP contribution in [0, 0.1) is 10.1 Å². The number of benzene rings is 1. The van der Waals surface area contributed by atoms with E-state index in [1.165, 1.54) is 12.1 Å². The number of rotatable bonds is 8. The van der Waals surface area contributed by atoms with Crippen molar-refractivity contribution in [3.63, 3.8) is 0 Å². The Labute approximate surface area is 133 Å². The van der Waals surface area contributed by atoms with E-state index in [4.69, 9.17) is 4.74 Å². The molecule has 7 heteroatoms. The highest BCUT2D eigenvalue weighted by molar-refractivity contribution is 5.76. The second-order valence-corrected chi connectivity index (χ2v) is 4.78. The van der Waals surface area contributed by atoms with E-state index < -0.39 is 4.92 Å². The number of nitro benzene ring substituents is 1. The third-order valence-corrected chi connectivity index (χ3v) is 3.11. The second-order valence-electron chi connectivity index (χ2n) is 4.78. The van der Waals surface area contributed by atoms with Crippen molar-refractivity contribution in [3.05, 3.63) is 64.5 Å². The summed E-state index contributed by atoms with van der Waals surface area (Å²) in [6.07, 6.45) is 4.29. The van der Waals surface area contributed by atoms with Gasteiger partial charge in [0.25, 0.3) is 0 Å². The summed E-state index contributed by atoms with van der Waals surface area (Å²) in [5.41, 5.74) is 0.938. The summed E-state index contributed by atoms with van der Waals surface area (Å²) in [5.74, 6) is 0.00753. The lowest BCUT2D eigenvalue weighted by Gasteiger charge is -2.07. The highest BCUT2D eigenvalue weighted by atomic mass is 16.6. The van der Waals surface area contributed by atoms with Crippen molar-refractivity contribution >= 4 is 11.6 Å². The van der Waals surface area contributed by atoms with Crippen LogP contribution in [0.3, 0.4) is 0 Å². The van der Waals surface area contributed by atoms with Gasteiger partial charge in [-0.15, -0.1) is 0 Å². The monoisotopic (exact) mass is 315 g/mol. The molecule has 0 fully saturated rings. The number of pyridine rings is 1. The van der Waals surface area contributed by atoms with Gasteiger partial charge in [-0.3, -0.25) is 19.9 Å². The summed E-state index contributed by atoms with van der Waals surface area (Å²) in [6, 6.07) is 9.88. The smallest absolute Gasteiger partial charge is 0.310 e. The molecule has 1 aromatic carbocycles. The minimum Gasteiger partial charge on any atom is -0.486 e. The quantitative estimate of drug-likeness (QED) is 0.595. The molecule has 0 aliphatic rings. The Balaban J connectivity index is 1.70. The number of nitrogens with zero attached hydrogens (tertiary/aromatic N) is 2. The summed E-state index contributed by atoms with van der Waals surface area (Å²) in [6.45, 7) is 0.597. The van der Waals surface area contributed by atoms with Crippen LogP contribution in [0.15, 0.2) is 48.8 Å². The molecule has 0 aliphatic heterocycles. The van der Waals surface area contributed by atoms with E-state index in [0.29, 0.717) is 13.0 Å². The van der Waals surface area contributed by atoms with Gasteiger partial charge in [0.1, 0.15) is 0 Å². The zero-order valence-electron chi connectivity index (χ0n) is 12.5. The van der Waals surface area contributed by atoms with Crippen LogP contribution in [0.4, 0.5) is 5.69 Å². The number of hydrogen-bond donors (Lipinski definition) is 1. The molecular formula is C16H17N3O4.